The summed E-state index contributed by atoms with van der Waals surface area (Å²) in [5, 5.41) is 0. The number of hydrogen-bond donors (Lipinski definition) is 0. The van der Waals surface area contributed by atoms with Crippen LogP contribution in [-0.4, -0.2) is 50.7 Å². The van der Waals surface area contributed by atoms with Gasteiger partial charge in [0.2, 0.25) is 0 Å². The van der Waals surface area contributed by atoms with Gasteiger partial charge in [-0.2, -0.15) is 13.2 Å². The van der Waals surface area contributed by atoms with Gasteiger partial charge in [0, 0.05) is 32.4 Å². The van der Waals surface area contributed by atoms with Crippen LogP contribution in [0, 0.1) is 5.82 Å². The zero-order valence-electron chi connectivity index (χ0n) is 16.6. The molecule has 30 heavy (non-hydrogen) atoms. The molecule has 1 aliphatic heterocycles. The van der Waals surface area contributed by atoms with Crippen LogP contribution < -0.4 is 0 Å². The van der Waals surface area contributed by atoms with Crippen LogP contribution in [0.4, 0.5) is 17.6 Å². The fourth-order valence-electron chi connectivity index (χ4n) is 3.59. The van der Waals surface area contributed by atoms with Crippen molar-refractivity contribution in [2.24, 2.45) is 0 Å². The van der Waals surface area contributed by atoms with Crippen LogP contribution in [0.15, 0.2) is 47.4 Å². The Balaban J connectivity index is 1.57. The Bertz CT molecular complexity index is 975. The van der Waals surface area contributed by atoms with E-state index in [-0.39, 0.29) is 4.90 Å². The van der Waals surface area contributed by atoms with Crippen LogP contribution >= 0.6 is 0 Å². The zero-order chi connectivity index (χ0) is 21.9. The summed E-state index contributed by atoms with van der Waals surface area (Å²) in [5.41, 5.74) is 0.293. The van der Waals surface area contributed by atoms with Crippen molar-refractivity contribution in [2.75, 3.05) is 32.4 Å². The van der Waals surface area contributed by atoms with E-state index >= 15 is 0 Å². The molecule has 0 unspecified atom stereocenters. The van der Waals surface area contributed by atoms with Crippen LogP contribution in [0.3, 0.4) is 0 Å². The van der Waals surface area contributed by atoms with E-state index in [4.69, 9.17) is 0 Å². The first kappa shape index (κ1) is 22.7. The molecule has 9 heteroatoms. The predicted octanol–water partition coefficient (Wildman–Crippen LogP) is 3.96. The topological polar surface area (TPSA) is 40.6 Å². The van der Waals surface area contributed by atoms with Crippen molar-refractivity contribution in [1.82, 2.24) is 9.80 Å². The van der Waals surface area contributed by atoms with E-state index < -0.39 is 27.4 Å². The minimum Gasteiger partial charge on any atom is -0.298 e. The Morgan fingerprint density at radius 1 is 0.867 bits per heavy atom. The largest absolute Gasteiger partial charge is 0.419 e. The molecule has 1 fully saturated rings. The highest BCUT2D eigenvalue weighted by atomic mass is 32.2. The van der Waals surface area contributed by atoms with Crippen LogP contribution in [0.1, 0.15) is 23.1 Å². The standard InChI is InChI=1S/C21H24F4N2O2S/c1-30(28,29)18-6-3-16(4-7-18)14-26-9-2-10-27(12-11-26)15-17-5-8-19(20(22)13-17)21(23,24)25/h3-8,13H,2,9-12,14-15H2,1H3. The normalized spacial score (nSPS) is 17.1. The molecule has 0 atom stereocenters. The molecule has 0 amide bonds. The SMILES string of the molecule is CS(=O)(=O)c1ccc(CN2CCCN(Cc3ccc(C(F)(F)F)c(F)c3)CC2)cc1. The van der Waals surface area contributed by atoms with Crippen molar-refractivity contribution in [3.05, 3.63) is 65.0 Å². The molecule has 0 N–H and O–H groups in total. The third-order valence-corrected chi connectivity index (χ3v) is 6.31. The first-order chi connectivity index (χ1) is 14.0. The van der Waals surface area contributed by atoms with E-state index in [0.717, 1.165) is 43.8 Å². The summed E-state index contributed by atoms with van der Waals surface area (Å²) in [6.07, 6.45) is -2.64. The molecule has 2 aromatic rings. The second kappa shape index (κ2) is 9.03. The lowest BCUT2D eigenvalue weighted by atomic mass is 10.1. The van der Waals surface area contributed by atoms with Gasteiger partial charge in [-0.3, -0.25) is 9.80 Å². The van der Waals surface area contributed by atoms with Gasteiger partial charge in [-0.1, -0.05) is 18.2 Å². The summed E-state index contributed by atoms with van der Waals surface area (Å²) >= 11 is 0. The maximum Gasteiger partial charge on any atom is 0.419 e. The Kier molecular flexibility index (Phi) is 6.84. The Hall–Kier alpha value is -1.97. The van der Waals surface area contributed by atoms with Gasteiger partial charge in [0.1, 0.15) is 5.82 Å². The molecule has 0 bridgehead atoms. The molecular formula is C21H24F4N2O2S. The molecule has 164 valence electrons. The summed E-state index contributed by atoms with van der Waals surface area (Å²) in [6.45, 7) is 4.18. The van der Waals surface area contributed by atoms with Gasteiger partial charge in [-0.25, -0.2) is 12.8 Å². The van der Waals surface area contributed by atoms with E-state index in [1.165, 1.54) is 12.3 Å². The lowest BCUT2D eigenvalue weighted by Gasteiger charge is -2.22. The third kappa shape index (κ3) is 6.02. The minimum atomic E-state index is -4.69. The van der Waals surface area contributed by atoms with Gasteiger partial charge in [0.25, 0.3) is 0 Å². The number of alkyl halides is 3. The van der Waals surface area contributed by atoms with Crippen molar-refractivity contribution < 1.29 is 26.0 Å². The van der Waals surface area contributed by atoms with Gasteiger partial charge < -0.3 is 0 Å². The number of hydrogen-bond acceptors (Lipinski definition) is 4. The number of sulfone groups is 1. The fourth-order valence-corrected chi connectivity index (χ4v) is 4.22. The maximum atomic E-state index is 13.8. The Labute approximate surface area is 174 Å². The van der Waals surface area contributed by atoms with Crippen molar-refractivity contribution in [3.8, 4) is 0 Å². The summed E-state index contributed by atoms with van der Waals surface area (Å²) < 4.78 is 75.0. The van der Waals surface area contributed by atoms with Gasteiger partial charge in [0.05, 0.1) is 10.5 Å². The summed E-state index contributed by atoms with van der Waals surface area (Å²) in [4.78, 5) is 4.65. The zero-order valence-corrected chi connectivity index (χ0v) is 17.4. The number of nitrogens with zero attached hydrogens (tertiary/aromatic N) is 2. The molecule has 1 heterocycles. The summed E-state index contributed by atoms with van der Waals surface area (Å²) in [5.74, 6) is -1.24. The van der Waals surface area contributed by atoms with Gasteiger partial charge in [-0.15, -0.1) is 0 Å². The highest BCUT2D eigenvalue weighted by molar-refractivity contribution is 7.90. The van der Waals surface area contributed by atoms with E-state index in [0.29, 0.717) is 25.2 Å². The Morgan fingerprint density at radius 3 is 1.90 bits per heavy atom. The third-order valence-electron chi connectivity index (χ3n) is 5.18. The number of benzene rings is 2. The second-order valence-electron chi connectivity index (χ2n) is 7.63. The molecule has 1 aliphatic rings. The minimum absolute atomic E-state index is 0.289. The van der Waals surface area contributed by atoms with Crippen LogP contribution in [0.2, 0.25) is 0 Å². The van der Waals surface area contributed by atoms with Gasteiger partial charge in [0.15, 0.2) is 9.84 Å². The van der Waals surface area contributed by atoms with E-state index in [2.05, 4.69) is 9.80 Å². The molecule has 2 aromatic carbocycles. The van der Waals surface area contributed by atoms with Gasteiger partial charge >= 0.3 is 6.18 Å². The quantitative estimate of drug-likeness (QED) is 0.655. The second-order valence-corrected chi connectivity index (χ2v) is 9.65. The van der Waals surface area contributed by atoms with E-state index in [1.54, 1.807) is 12.1 Å². The maximum absolute atomic E-state index is 13.8. The van der Waals surface area contributed by atoms with Crippen LogP contribution in [-0.2, 0) is 29.1 Å². The molecular weight excluding hydrogens is 420 g/mol. The molecule has 0 radical (unpaired) electrons. The molecule has 0 saturated carbocycles. The molecule has 4 nitrogen and oxygen atoms in total. The van der Waals surface area contributed by atoms with E-state index in [9.17, 15) is 26.0 Å². The fraction of sp³-hybridized carbons (Fsp3) is 0.429. The molecule has 0 aliphatic carbocycles. The first-order valence-electron chi connectivity index (χ1n) is 9.62. The molecule has 0 spiro atoms. The molecule has 1 saturated heterocycles. The molecule has 0 aromatic heterocycles. The predicted molar refractivity (Wildman–Crippen MR) is 106 cm³/mol. The van der Waals surface area contributed by atoms with Crippen molar-refractivity contribution in [2.45, 2.75) is 30.6 Å². The lowest BCUT2D eigenvalue weighted by Crippen LogP contribution is -2.30. The first-order valence-corrected chi connectivity index (χ1v) is 11.5. The van der Waals surface area contributed by atoms with E-state index in [1.807, 2.05) is 12.1 Å². The Morgan fingerprint density at radius 2 is 1.40 bits per heavy atom. The highest BCUT2D eigenvalue weighted by Gasteiger charge is 2.34. The lowest BCUT2D eigenvalue weighted by molar-refractivity contribution is -0.140. The summed E-state index contributed by atoms with van der Waals surface area (Å²) in [7, 11) is -3.22. The monoisotopic (exact) mass is 444 g/mol. The average molecular weight is 444 g/mol. The summed E-state index contributed by atoms with van der Waals surface area (Å²) in [6, 6.07) is 9.93. The highest BCUT2D eigenvalue weighted by Crippen LogP contribution is 2.31. The smallest absolute Gasteiger partial charge is 0.298 e. The van der Waals surface area contributed by atoms with Gasteiger partial charge in [-0.05, 0) is 54.9 Å². The van der Waals surface area contributed by atoms with Crippen molar-refractivity contribution >= 4 is 9.84 Å². The van der Waals surface area contributed by atoms with Crippen molar-refractivity contribution in [1.29, 1.82) is 0 Å². The average Bonchev–Trinajstić information content (AvgIpc) is 2.85. The number of halogens is 4. The molecule has 3 rings (SSSR count). The number of rotatable bonds is 5. The van der Waals surface area contributed by atoms with Crippen molar-refractivity contribution in [3.63, 3.8) is 0 Å². The van der Waals surface area contributed by atoms with Crippen LogP contribution in [0.5, 0.6) is 0 Å². The van der Waals surface area contributed by atoms with Crippen LogP contribution in [0.25, 0.3) is 0 Å².